The maximum Gasteiger partial charge on any atom is 0.321 e. The molecular weight excluding hydrogens is 276 g/mol. The molecule has 1 fully saturated rings. The van der Waals surface area contributed by atoms with Crippen LogP contribution in [0.25, 0.3) is 0 Å². The van der Waals surface area contributed by atoms with Gasteiger partial charge in [0.15, 0.2) is 9.84 Å². The molecule has 1 aliphatic heterocycles. The third-order valence-electron chi connectivity index (χ3n) is 2.56. The molecule has 0 aromatic carbocycles. The lowest BCUT2D eigenvalue weighted by Gasteiger charge is -2.09. The second-order valence-electron chi connectivity index (χ2n) is 4.05. The zero-order chi connectivity index (χ0) is 13.2. The van der Waals surface area contributed by atoms with Gasteiger partial charge in [0.1, 0.15) is 5.01 Å². The molecule has 7 nitrogen and oxygen atoms in total. The second-order valence-corrected chi connectivity index (χ2v) is 7.34. The number of aryl methyl sites for hydroxylation is 1. The molecule has 2 N–H and O–H groups in total. The van der Waals surface area contributed by atoms with Crippen molar-refractivity contribution in [2.24, 2.45) is 0 Å². The normalized spacial score (nSPS) is 21.7. The van der Waals surface area contributed by atoms with Crippen molar-refractivity contribution in [2.75, 3.05) is 16.8 Å². The zero-order valence-electron chi connectivity index (χ0n) is 9.84. The molecule has 1 saturated heterocycles. The summed E-state index contributed by atoms with van der Waals surface area (Å²) in [6.45, 7) is 1.95. The highest BCUT2D eigenvalue weighted by molar-refractivity contribution is 7.91. The first-order valence-corrected chi connectivity index (χ1v) is 8.22. The molecule has 100 valence electrons. The van der Waals surface area contributed by atoms with Crippen LogP contribution < -0.4 is 10.6 Å². The summed E-state index contributed by atoms with van der Waals surface area (Å²) in [6, 6.07) is -0.746. The minimum atomic E-state index is -2.98. The van der Waals surface area contributed by atoms with E-state index >= 15 is 0 Å². The molecule has 18 heavy (non-hydrogen) atoms. The zero-order valence-corrected chi connectivity index (χ0v) is 11.5. The fraction of sp³-hybridized carbons (Fsp3) is 0.667. The predicted octanol–water partition coefficient (Wildman–Crippen LogP) is 0.409. The number of anilines is 1. The second kappa shape index (κ2) is 5.19. The summed E-state index contributed by atoms with van der Waals surface area (Å²) in [7, 11) is -2.98. The Labute approximate surface area is 109 Å². The molecule has 1 aliphatic rings. The van der Waals surface area contributed by atoms with Crippen molar-refractivity contribution < 1.29 is 13.2 Å². The van der Waals surface area contributed by atoms with Crippen LogP contribution in [0.5, 0.6) is 0 Å². The van der Waals surface area contributed by atoms with Crippen molar-refractivity contribution in [3.63, 3.8) is 0 Å². The number of hydrogen-bond donors (Lipinski definition) is 2. The quantitative estimate of drug-likeness (QED) is 0.839. The van der Waals surface area contributed by atoms with Crippen LogP contribution in [0.4, 0.5) is 9.93 Å². The molecule has 0 unspecified atom stereocenters. The van der Waals surface area contributed by atoms with E-state index in [9.17, 15) is 13.2 Å². The van der Waals surface area contributed by atoms with Crippen LogP contribution in [0, 0.1) is 0 Å². The maximum absolute atomic E-state index is 11.6. The Hall–Kier alpha value is -1.22. The lowest BCUT2D eigenvalue weighted by Crippen LogP contribution is -2.38. The molecule has 1 aromatic heterocycles. The average molecular weight is 290 g/mol. The van der Waals surface area contributed by atoms with Crippen molar-refractivity contribution in [2.45, 2.75) is 25.8 Å². The van der Waals surface area contributed by atoms with Gasteiger partial charge in [-0.15, -0.1) is 10.2 Å². The molecule has 1 atom stereocenters. The third kappa shape index (κ3) is 3.39. The maximum atomic E-state index is 11.6. The number of carbonyl (C=O) groups is 1. The van der Waals surface area contributed by atoms with E-state index in [1.165, 1.54) is 11.3 Å². The number of sulfone groups is 1. The van der Waals surface area contributed by atoms with Crippen LogP contribution in [0.2, 0.25) is 0 Å². The standard InChI is InChI=1S/C9H14N4O3S2/c1-2-7-12-13-9(17-7)11-8(14)10-6-3-4-18(15,16)5-6/h6H,2-5H2,1H3,(H2,10,11,13,14)/t6-/m1/s1. The van der Waals surface area contributed by atoms with E-state index in [4.69, 9.17) is 0 Å². The lowest BCUT2D eigenvalue weighted by molar-refractivity contribution is 0.249. The van der Waals surface area contributed by atoms with E-state index in [0.717, 1.165) is 11.4 Å². The Balaban J connectivity index is 1.86. The number of nitrogens with one attached hydrogen (secondary N) is 2. The van der Waals surface area contributed by atoms with E-state index in [-0.39, 0.29) is 17.5 Å². The molecule has 9 heteroatoms. The van der Waals surface area contributed by atoms with Crippen molar-refractivity contribution in [3.05, 3.63) is 5.01 Å². The Morgan fingerprint density at radius 3 is 2.83 bits per heavy atom. The first-order valence-electron chi connectivity index (χ1n) is 5.59. The molecule has 0 saturated carbocycles. The van der Waals surface area contributed by atoms with Crippen LogP contribution in [0.1, 0.15) is 18.4 Å². The SMILES string of the molecule is CCc1nnc(NC(=O)N[C@@H]2CCS(=O)(=O)C2)s1. The average Bonchev–Trinajstić information content (AvgIpc) is 2.85. The van der Waals surface area contributed by atoms with E-state index in [1.807, 2.05) is 6.92 Å². The Kier molecular flexibility index (Phi) is 3.81. The summed E-state index contributed by atoms with van der Waals surface area (Å²) >= 11 is 1.31. The molecule has 0 bridgehead atoms. The first kappa shape index (κ1) is 13.2. The third-order valence-corrected chi connectivity index (χ3v) is 5.31. The summed E-state index contributed by atoms with van der Waals surface area (Å²) in [6.07, 6.45) is 1.23. The van der Waals surface area contributed by atoms with Gasteiger partial charge in [-0.2, -0.15) is 0 Å². The van der Waals surface area contributed by atoms with Gasteiger partial charge in [-0.05, 0) is 12.8 Å². The number of hydrogen-bond acceptors (Lipinski definition) is 6. The van der Waals surface area contributed by atoms with Crippen LogP contribution >= 0.6 is 11.3 Å². The monoisotopic (exact) mass is 290 g/mol. The number of urea groups is 1. The minimum Gasteiger partial charge on any atom is -0.334 e. The van der Waals surface area contributed by atoms with Crippen LogP contribution in [0.15, 0.2) is 0 Å². The molecule has 2 amide bonds. The molecule has 2 rings (SSSR count). The van der Waals surface area contributed by atoms with Gasteiger partial charge in [0, 0.05) is 6.04 Å². The summed E-state index contributed by atoms with van der Waals surface area (Å²) < 4.78 is 22.5. The first-order chi connectivity index (χ1) is 8.48. The number of aromatic nitrogens is 2. The summed E-state index contributed by atoms with van der Waals surface area (Å²) in [5.74, 6) is 0.146. The summed E-state index contributed by atoms with van der Waals surface area (Å²) in [4.78, 5) is 11.6. The Morgan fingerprint density at radius 2 is 2.28 bits per heavy atom. The van der Waals surface area contributed by atoms with Gasteiger partial charge in [0.25, 0.3) is 0 Å². The van der Waals surface area contributed by atoms with Gasteiger partial charge in [0.2, 0.25) is 5.13 Å². The molecule has 2 heterocycles. The van der Waals surface area contributed by atoms with Gasteiger partial charge in [0.05, 0.1) is 11.5 Å². The Morgan fingerprint density at radius 1 is 1.50 bits per heavy atom. The van der Waals surface area contributed by atoms with Gasteiger partial charge < -0.3 is 5.32 Å². The minimum absolute atomic E-state index is 0.0107. The number of amides is 2. The van der Waals surface area contributed by atoms with Gasteiger partial charge in [-0.25, -0.2) is 13.2 Å². The van der Waals surface area contributed by atoms with Gasteiger partial charge in [-0.1, -0.05) is 18.3 Å². The van der Waals surface area contributed by atoms with Gasteiger partial charge in [-0.3, -0.25) is 5.32 Å². The summed E-state index contributed by atoms with van der Waals surface area (Å²) in [5.41, 5.74) is 0. The highest BCUT2D eigenvalue weighted by Gasteiger charge is 2.29. The fourth-order valence-electron chi connectivity index (χ4n) is 1.67. The summed E-state index contributed by atoms with van der Waals surface area (Å²) in [5, 5.41) is 14.1. The largest absolute Gasteiger partial charge is 0.334 e. The van der Waals surface area contributed by atoms with E-state index < -0.39 is 15.9 Å². The van der Waals surface area contributed by atoms with Crippen LogP contribution in [0.3, 0.4) is 0 Å². The van der Waals surface area contributed by atoms with Crippen molar-refractivity contribution in [1.29, 1.82) is 0 Å². The number of rotatable bonds is 3. The van der Waals surface area contributed by atoms with E-state index in [2.05, 4.69) is 20.8 Å². The fourth-order valence-corrected chi connectivity index (χ4v) is 4.02. The molecular formula is C9H14N4O3S2. The topological polar surface area (TPSA) is 101 Å². The molecule has 0 radical (unpaired) electrons. The molecule has 0 aliphatic carbocycles. The number of carbonyl (C=O) groups excluding carboxylic acids is 1. The highest BCUT2D eigenvalue weighted by atomic mass is 32.2. The van der Waals surface area contributed by atoms with E-state index in [1.54, 1.807) is 0 Å². The van der Waals surface area contributed by atoms with Crippen LogP contribution in [-0.2, 0) is 16.3 Å². The van der Waals surface area contributed by atoms with Gasteiger partial charge >= 0.3 is 6.03 Å². The smallest absolute Gasteiger partial charge is 0.321 e. The van der Waals surface area contributed by atoms with Crippen molar-refractivity contribution in [3.8, 4) is 0 Å². The number of nitrogens with zero attached hydrogens (tertiary/aromatic N) is 2. The van der Waals surface area contributed by atoms with Crippen molar-refractivity contribution in [1.82, 2.24) is 15.5 Å². The lowest BCUT2D eigenvalue weighted by atomic mass is 10.3. The molecule has 0 spiro atoms. The van der Waals surface area contributed by atoms with Crippen LogP contribution in [-0.4, -0.2) is 42.2 Å². The van der Waals surface area contributed by atoms with Crippen molar-refractivity contribution >= 4 is 32.3 Å². The predicted molar refractivity (Wildman–Crippen MR) is 68.5 cm³/mol. The van der Waals surface area contributed by atoms with E-state index in [0.29, 0.717) is 11.6 Å². The Bertz CT molecular complexity index is 540. The molecule has 1 aromatic rings. The highest BCUT2D eigenvalue weighted by Crippen LogP contribution is 2.16.